The predicted molar refractivity (Wildman–Crippen MR) is 69.7 cm³/mol. The fraction of sp³-hybridized carbons (Fsp3) is 0.231. The first-order valence-electron chi connectivity index (χ1n) is 5.38. The number of aromatic nitrogens is 1. The quantitative estimate of drug-likeness (QED) is 0.778. The van der Waals surface area contributed by atoms with E-state index in [2.05, 4.69) is 4.98 Å². The number of benzene rings is 1. The van der Waals surface area contributed by atoms with Crippen LogP contribution in [0.5, 0.6) is 11.5 Å². The zero-order chi connectivity index (χ0) is 13.0. The lowest BCUT2D eigenvalue weighted by molar-refractivity contribution is 0.0992. The molecule has 0 atom stereocenters. The Balaban J connectivity index is 2.20. The number of Topliss-reactive ketones (excluding diaryl/α,β-unsaturated/α-hetero) is 1. The summed E-state index contributed by atoms with van der Waals surface area (Å²) in [6, 6.07) is 5.15. The van der Waals surface area contributed by atoms with Gasteiger partial charge in [0.05, 0.1) is 20.6 Å². The predicted octanol–water partition coefficient (Wildman–Crippen LogP) is 2.59. The molecule has 2 aromatic rings. The molecule has 0 aliphatic rings. The van der Waals surface area contributed by atoms with Crippen molar-refractivity contribution >= 4 is 17.1 Å². The highest BCUT2D eigenvalue weighted by molar-refractivity contribution is 7.09. The Labute approximate surface area is 109 Å². The summed E-state index contributed by atoms with van der Waals surface area (Å²) < 4.78 is 10.3. The number of methoxy groups -OCH3 is 2. The fourth-order valence-electron chi connectivity index (χ4n) is 1.59. The zero-order valence-electron chi connectivity index (χ0n) is 10.2. The highest BCUT2D eigenvalue weighted by Gasteiger charge is 2.12. The van der Waals surface area contributed by atoms with Gasteiger partial charge >= 0.3 is 0 Å². The number of thiazole rings is 1. The maximum absolute atomic E-state index is 12.1. The molecule has 0 saturated heterocycles. The van der Waals surface area contributed by atoms with Crippen molar-refractivity contribution in [1.82, 2.24) is 4.98 Å². The third-order valence-corrected chi connectivity index (χ3v) is 3.28. The smallest absolute Gasteiger partial charge is 0.169 e. The van der Waals surface area contributed by atoms with Crippen LogP contribution in [0.1, 0.15) is 15.4 Å². The molecular weight excluding hydrogens is 250 g/mol. The van der Waals surface area contributed by atoms with Gasteiger partial charge < -0.3 is 9.47 Å². The van der Waals surface area contributed by atoms with Gasteiger partial charge in [-0.05, 0) is 18.2 Å². The standard InChI is InChI=1S/C13H13NO3S/c1-16-11-4-3-9(7-12(11)17-2)10(15)8-13-14-5-6-18-13/h3-7H,8H2,1-2H3. The summed E-state index contributed by atoms with van der Waals surface area (Å²) in [5.74, 6) is 1.19. The molecule has 5 heteroatoms. The summed E-state index contributed by atoms with van der Waals surface area (Å²) in [5.41, 5.74) is 0.600. The highest BCUT2D eigenvalue weighted by atomic mass is 32.1. The summed E-state index contributed by atoms with van der Waals surface area (Å²) in [7, 11) is 3.11. The van der Waals surface area contributed by atoms with E-state index in [0.29, 0.717) is 23.5 Å². The minimum absolute atomic E-state index is 0.0194. The van der Waals surface area contributed by atoms with Crippen LogP contribution in [0.3, 0.4) is 0 Å². The van der Waals surface area contributed by atoms with E-state index in [-0.39, 0.29) is 5.78 Å². The normalized spacial score (nSPS) is 10.1. The molecule has 0 amide bonds. The van der Waals surface area contributed by atoms with Gasteiger partial charge in [0.1, 0.15) is 5.01 Å². The Hall–Kier alpha value is -1.88. The summed E-state index contributed by atoms with van der Waals surface area (Å²) in [6.45, 7) is 0. The third-order valence-electron chi connectivity index (χ3n) is 2.50. The van der Waals surface area contributed by atoms with E-state index < -0.39 is 0 Å². The van der Waals surface area contributed by atoms with Crippen molar-refractivity contribution in [3.8, 4) is 11.5 Å². The molecule has 1 aromatic heterocycles. The number of ketones is 1. The van der Waals surface area contributed by atoms with E-state index in [1.165, 1.54) is 11.3 Å². The summed E-state index contributed by atoms with van der Waals surface area (Å²) in [6.07, 6.45) is 2.01. The van der Waals surface area contributed by atoms with Gasteiger partial charge in [-0.2, -0.15) is 0 Å². The molecule has 18 heavy (non-hydrogen) atoms. The van der Waals surface area contributed by atoms with Crippen LogP contribution in [-0.2, 0) is 6.42 Å². The molecule has 1 aromatic carbocycles. The number of ether oxygens (including phenoxy) is 2. The molecule has 4 nitrogen and oxygen atoms in total. The topological polar surface area (TPSA) is 48.4 Å². The highest BCUT2D eigenvalue weighted by Crippen LogP contribution is 2.28. The van der Waals surface area contributed by atoms with E-state index in [9.17, 15) is 4.79 Å². The molecule has 0 aliphatic heterocycles. The molecule has 94 valence electrons. The number of carbonyl (C=O) groups excluding carboxylic acids is 1. The molecule has 0 unspecified atom stereocenters. The Morgan fingerprint density at radius 1 is 1.28 bits per heavy atom. The van der Waals surface area contributed by atoms with Crippen LogP contribution in [0.15, 0.2) is 29.8 Å². The number of rotatable bonds is 5. The lowest BCUT2D eigenvalue weighted by atomic mass is 10.1. The van der Waals surface area contributed by atoms with Crippen LogP contribution >= 0.6 is 11.3 Å². The summed E-state index contributed by atoms with van der Waals surface area (Å²) >= 11 is 1.48. The van der Waals surface area contributed by atoms with E-state index >= 15 is 0 Å². The summed E-state index contributed by atoms with van der Waals surface area (Å²) in [5, 5.41) is 2.67. The molecule has 0 bridgehead atoms. The second-order valence-electron chi connectivity index (χ2n) is 3.60. The first-order valence-corrected chi connectivity index (χ1v) is 6.26. The van der Waals surface area contributed by atoms with Crippen molar-refractivity contribution in [3.05, 3.63) is 40.3 Å². The van der Waals surface area contributed by atoms with Gasteiger partial charge in [-0.25, -0.2) is 4.98 Å². The maximum Gasteiger partial charge on any atom is 0.169 e. The van der Waals surface area contributed by atoms with Gasteiger partial charge in [-0.1, -0.05) is 0 Å². The van der Waals surface area contributed by atoms with Gasteiger partial charge in [0.25, 0.3) is 0 Å². The zero-order valence-corrected chi connectivity index (χ0v) is 11.0. The van der Waals surface area contributed by atoms with Gasteiger partial charge in [-0.15, -0.1) is 11.3 Å². The minimum Gasteiger partial charge on any atom is -0.493 e. The monoisotopic (exact) mass is 263 g/mol. The second-order valence-corrected chi connectivity index (χ2v) is 4.57. The number of nitrogens with zero attached hydrogens (tertiary/aromatic N) is 1. The molecule has 0 spiro atoms. The Kier molecular flexibility index (Phi) is 3.94. The van der Waals surface area contributed by atoms with E-state index in [4.69, 9.17) is 9.47 Å². The molecule has 2 rings (SSSR count). The van der Waals surface area contributed by atoms with E-state index in [1.807, 2.05) is 5.38 Å². The van der Waals surface area contributed by atoms with Crippen LogP contribution in [-0.4, -0.2) is 25.0 Å². The van der Waals surface area contributed by atoms with Gasteiger partial charge in [0.2, 0.25) is 0 Å². The van der Waals surface area contributed by atoms with Crippen molar-refractivity contribution in [3.63, 3.8) is 0 Å². The lowest BCUT2D eigenvalue weighted by Crippen LogP contribution is -2.04. The molecule has 0 radical (unpaired) electrons. The van der Waals surface area contributed by atoms with Crippen molar-refractivity contribution < 1.29 is 14.3 Å². The number of hydrogen-bond acceptors (Lipinski definition) is 5. The second kappa shape index (κ2) is 5.64. The molecule has 0 fully saturated rings. The van der Waals surface area contributed by atoms with Crippen LogP contribution in [0, 0.1) is 0 Å². The Bertz CT molecular complexity index is 537. The largest absolute Gasteiger partial charge is 0.493 e. The van der Waals surface area contributed by atoms with Crippen molar-refractivity contribution in [1.29, 1.82) is 0 Å². The fourth-order valence-corrected chi connectivity index (χ4v) is 2.20. The third kappa shape index (κ3) is 2.68. The number of hydrogen-bond donors (Lipinski definition) is 0. The molecule has 1 heterocycles. The SMILES string of the molecule is COc1ccc(C(=O)Cc2nccs2)cc1OC. The molecule has 0 aliphatic carbocycles. The first kappa shape index (κ1) is 12.6. The van der Waals surface area contributed by atoms with E-state index in [1.54, 1.807) is 38.6 Å². The minimum atomic E-state index is 0.0194. The van der Waals surface area contributed by atoms with Gasteiger partial charge in [-0.3, -0.25) is 4.79 Å². The molecular formula is C13H13NO3S. The molecule has 0 N–H and O–H groups in total. The lowest BCUT2D eigenvalue weighted by Gasteiger charge is -2.08. The van der Waals surface area contributed by atoms with Crippen molar-refractivity contribution in [2.45, 2.75) is 6.42 Å². The van der Waals surface area contributed by atoms with Gasteiger partial charge in [0.15, 0.2) is 17.3 Å². The van der Waals surface area contributed by atoms with Gasteiger partial charge in [0, 0.05) is 17.1 Å². The van der Waals surface area contributed by atoms with E-state index in [0.717, 1.165) is 5.01 Å². The summed E-state index contributed by atoms with van der Waals surface area (Å²) in [4.78, 5) is 16.1. The Morgan fingerprint density at radius 3 is 2.67 bits per heavy atom. The average Bonchev–Trinajstić information content (AvgIpc) is 2.90. The van der Waals surface area contributed by atoms with Crippen molar-refractivity contribution in [2.24, 2.45) is 0 Å². The maximum atomic E-state index is 12.1. The van der Waals surface area contributed by atoms with Crippen LogP contribution in [0.2, 0.25) is 0 Å². The first-order chi connectivity index (χ1) is 8.74. The molecule has 0 saturated carbocycles. The van der Waals surface area contributed by atoms with Crippen LogP contribution in [0.25, 0.3) is 0 Å². The van der Waals surface area contributed by atoms with Crippen molar-refractivity contribution in [2.75, 3.05) is 14.2 Å². The van der Waals surface area contributed by atoms with Crippen LogP contribution in [0.4, 0.5) is 0 Å². The Morgan fingerprint density at radius 2 is 2.06 bits per heavy atom. The number of carbonyl (C=O) groups is 1. The van der Waals surface area contributed by atoms with Crippen LogP contribution < -0.4 is 9.47 Å². The average molecular weight is 263 g/mol.